The Morgan fingerprint density at radius 3 is 2.57 bits per heavy atom. The number of hydrogen-bond donors (Lipinski definition) is 1. The minimum atomic E-state index is -1.38. The van der Waals surface area contributed by atoms with Crippen LogP contribution in [0.25, 0.3) is 0 Å². The standard InChI is InChI=1S/C30H45FN4O2/c1-22-12-13-24(3)28(29(37-21-16-22)25(4)34-17-8-9-18-34)33-30(32)26(31)10-6-5-7-11-27(36)35-19-14-23(2)15-20-35/h12-13,16,23,26H,3-11,14-15,17-21H2,1-2H3,(H2,32,33)/b13-12-,22-16-,29-28+. The van der Waals surface area contributed by atoms with Gasteiger partial charge in [-0.2, -0.15) is 0 Å². The number of carbonyl (C=O) groups excluding carboxylic acids is 1. The second-order valence-electron chi connectivity index (χ2n) is 10.6. The van der Waals surface area contributed by atoms with Gasteiger partial charge in [0.25, 0.3) is 0 Å². The fourth-order valence-electron chi connectivity index (χ4n) is 4.86. The molecule has 0 aliphatic carbocycles. The molecule has 0 aromatic heterocycles. The van der Waals surface area contributed by atoms with E-state index in [2.05, 4.69) is 30.0 Å². The molecule has 2 fully saturated rings. The van der Waals surface area contributed by atoms with Crippen molar-refractivity contribution >= 4 is 11.7 Å². The van der Waals surface area contributed by atoms with Crippen molar-refractivity contribution in [2.45, 2.75) is 77.8 Å². The van der Waals surface area contributed by atoms with Crippen LogP contribution < -0.4 is 5.73 Å². The van der Waals surface area contributed by atoms with Gasteiger partial charge in [-0.3, -0.25) is 4.79 Å². The van der Waals surface area contributed by atoms with Gasteiger partial charge in [0.15, 0.2) is 11.9 Å². The number of hydrogen-bond acceptors (Lipinski definition) is 4. The molecule has 0 saturated carbocycles. The van der Waals surface area contributed by atoms with Crippen molar-refractivity contribution in [1.82, 2.24) is 9.80 Å². The van der Waals surface area contributed by atoms with Gasteiger partial charge in [-0.05, 0) is 63.0 Å². The lowest BCUT2D eigenvalue weighted by Crippen LogP contribution is -2.37. The Balaban J connectivity index is 1.59. The fraction of sp³-hybridized carbons (Fsp3) is 0.600. The number of piperidine rings is 1. The molecule has 0 aromatic carbocycles. The first-order valence-corrected chi connectivity index (χ1v) is 13.9. The van der Waals surface area contributed by atoms with E-state index in [-0.39, 0.29) is 18.2 Å². The number of rotatable bonds is 10. The summed E-state index contributed by atoms with van der Waals surface area (Å²) in [5, 5.41) is 0. The monoisotopic (exact) mass is 512 g/mol. The summed E-state index contributed by atoms with van der Waals surface area (Å²) in [5.41, 5.74) is 8.96. The molecular weight excluding hydrogens is 467 g/mol. The summed E-state index contributed by atoms with van der Waals surface area (Å²) in [6.07, 6.45) is 11.8. The van der Waals surface area contributed by atoms with Gasteiger partial charge in [-0.1, -0.05) is 50.6 Å². The number of likely N-dealkylation sites (tertiary alicyclic amines) is 2. The van der Waals surface area contributed by atoms with Crippen LogP contribution in [0, 0.1) is 5.92 Å². The van der Waals surface area contributed by atoms with Crippen molar-refractivity contribution in [2.24, 2.45) is 16.6 Å². The predicted octanol–water partition coefficient (Wildman–Crippen LogP) is 5.80. The lowest BCUT2D eigenvalue weighted by atomic mass is 9.99. The lowest BCUT2D eigenvalue weighted by molar-refractivity contribution is -0.132. The smallest absolute Gasteiger partial charge is 0.222 e. The quantitative estimate of drug-likeness (QED) is 0.228. The summed E-state index contributed by atoms with van der Waals surface area (Å²) in [6.45, 7) is 16.5. The highest BCUT2D eigenvalue weighted by Crippen LogP contribution is 2.29. The van der Waals surface area contributed by atoms with Gasteiger partial charge in [0.05, 0.1) is 5.70 Å². The Hall–Kier alpha value is -2.83. The molecule has 2 N–H and O–H groups in total. The number of nitrogens with two attached hydrogens (primary N) is 1. The van der Waals surface area contributed by atoms with Gasteiger partial charge < -0.3 is 20.3 Å². The number of amides is 1. The van der Waals surface area contributed by atoms with Gasteiger partial charge in [-0.15, -0.1) is 0 Å². The molecule has 204 valence electrons. The van der Waals surface area contributed by atoms with Crippen molar-refractivity contribution in [3.8, 4) is 0 Å². The maximum Gasteiger partial charge on any atom is 0.222 e. The molecule has 3 heterocycles. The Morgan fingerprint density at radius 1 is 1.16 bits per heavy atom. The molecule has 2 saturated heterocycles. The predicted molar refractivity (Wildman–Crippen MR) is 150 cm³/mol. The maximum atomic E-state index is 15.1. The fourth-order valence-corrected chi connectivity index (χ4v) is 4.86. The second-order valence-corrected chi connectivity index (χ2v) is 10.6. The molecular formula is C30H45FN4O2. The van der Waals surface area contributed by atoms with E-state index in [1.165, 1.54) is 0 Å². The summed E-state index contributed by atoms with van der Waals surface area (Å²) in [5.74, 6) is 1.35. The van der Waals surface area contributed by atoms with Crippen LogP contribution in [0.1, 0.15) is 71.6 Å². The number of aliphatic imine (C=N–C) groups is 1. The van der Waals surface area contributed by atoms with Crippen LogP contribution in [0.5, 0.6) is 0 Å². The zero-order valence-electron chi connectivity index (χ0n) is 22.8. The van der Waals surface area contributed by atoms with E-state index in [1.54, 1.807) is 0 Å². The highest BCUT2D eigenvalue weighted by molar-refractivity contribution is 5.86. The first-order valence-electron chi connectivity index (χ1n) is 13.9. The number of halogens is 1. The Morgan fingerprint density at radius 2 is 1.86 bits per heavy atom. The summed E-state index contributed by atoms with van der Waals surface area (Å²) in [4.78, 5) is 21.1. The number of nitrogens with zero attached hydrogens (tertiary/aromatic N) is 3. The van der Waals surface area contributed by atoms with Gasteiger partial charge in [0.2, 0.25) is 5.91 Å². The number of ether oxygens (including phenoxy) is 1. The van der Waals surface area contributed by atoms with Crippen molar-refractivity contribution in [1.29, 1.82) is 0 Å². The third-order valence-electron chi connectivity index (χ3n) is 7.50. The number of alkyl halides is 1. The topological polar surface area (TPSA) is 71.2 Å². The molecule has 0 radical (unpaired) electrons. The van der Waals surface area contributed by atoms with E-state index in [4.69, 9.17) is 10.5 Å². The molecule has 6 nitrogen and oxygen atoms in total. The Kier molecular flexibility index (Phi) is 11.0. The van der Waals surface area contributed by atoms with Crippen LogP contribution in [0.15, 0.2) is 64.7 Å². The van der Waals surface area contributed by atoms with Gasteiger partial charge >= 0.3 is 0 Å². The number of allylic oxidation sites excluding steroid dienone is 3. The van der Waals surface area contributed by atoms with Crippen LogP contribution >= 0.6 is 0 Å². The normalized spacial score (nSPS) is 25.0. The summed E-state index contributed by atoms with van der Waals surface area (Å²) < 4.78 is 21.2. The van der Waals surface area contributed by atoms with Crippen molar-refractivity contribution in [2.75, 3.05) is 32.8 Å². The molecule has 3 aliphatic heterocycles. The van der Waals surface area contributed by atoms with E-state index < -0.39 is 6.17 Å². The zero-order chi connectivity index (χ0) is 26.8. The first kappa shape index (κ1) is 28.7. The lowest BCUT2D eigenvalue weighted by Gasteiger charge is -2.30. The summed E-state index contributed by atoms with van der Waals surface area (Å²) in [6, 6.07) is 0. The first-order chi connectivity index (χ1) is 17.8. The molecule has 7 heteroatoms. The molecule has 1 atom stereocenters. The maximum absolute atomic E-state index is 15.1. The Labute approximate surface area is 222 Å². The molecule has 1 amide bonds. The van der Waals surface area contributed by atoms with E-state index in [0.717, 1.165) is 76.0 Å². The van der Waals surface area contributed by atoms with Crippen LogP contribution in [-0.2, 0) is 9.53 Å². The molecule has 0 aromatic rings. The van der Waals surface area contributed by atoms with Gasteiger partial charge in [0, 0.05) is 32.6 Å². The number of unbranched alkanes of at least 4 members (excludes halogenated alkanes) is 2. The van der Waals surface area contributed by atoms with Crippen LogP contribution in [-0.4, -0.2) is 60.5 Å². The summed E-state index contributed by atoms with van der Waals surface area (Å²) >= 11 is 0. The van der Waals surface area contributed by atoms with Crippen LogP contribution in [0.4, 0.5) is 4.39 Å². The zero-order valence-corrected chi connectivity index (χ0v) is 22.8. The molecule has 1 unspecified atom stereocenters. The average Bonchev–Trinajstić information content (AvgIpc) is 3.44. The van der Waals surface area contributed by atoms with Crippen molar-refractivity contribution in [3.05, 3.63) is 59.7 Å². The minimum absolute atomic E-state index is 0.0812. The van der Waals surface area contributed by atoms with Gasteiger partial charge in [0.1, 0.15) is 18.1 Å². The number of amidine groups is 1. The number of carbonyl (C=O) groups is 1. The largest absolute Gasteiger partial charge is 0.485 e. The molecule has 3 rings (SSSR count). The van der Waals surface area contributed by atoms with Crippen molar-refractivity contribution < 1.29 is 13.9 Å². The molecule has 0 bridgehead atoms. The van der Waals surface area contributed by atoms with Gasteiger partial charge in [-0.25, -0.2) is 9.38 Å². The highest BCUT2D eigenvalue weighted by atomic mass is 19.1. The van der Waals surface area contributed by atoms with Crippen LogP contribution in [0.2, 0.25) is 0 Å². The third kappa shape index (κ3) is 8.61. The van der Waals surface area contributed by atoms with E-state index in [1.807, 2.05) is 30.1 Å². The summed E-state index contributed by atoms with van der Waals surface area (Å²) in [7, 11) is 0. The highest BCUT2D eigenvalue weighted by Gasteiger charge is 2.24. The van der Waals surface area contributed by atoms with Crippen LogP contribution in [0.3, 0.4) is 0 Å². The van der Waals surface area contributed by atoms with E-state index >= 15 is 4.39 Å². The van der Waals surface area contributed by atoms with E-state index in [0.29, 0.717) is 42.4 Å². The molecule has 0 spiro atoms. The molecule has 37 heavy (non-hydrogen) atoms. The molecule has 3 aliphatic rings. The third-order valence-corrected chi connectivity index (χ3v) is 7.50. The van der Waals surface area contributed by atoms with E-state index in [9.17, 15) is 4.79 Å². The SMILES string of the molecule is C=C1/C=C\C(C)=C/CO/C(C(=C)N2CCCC2)=C\1N=C(N)C(F)CCCCCC(=O)N1CCC(C)CC1. The average molecular weight is 513 g/mol. The minimum Gasteiger partial charge on any atom is -0.485 e. The van der Waals surface area contributed by atoms with Crippen molar-refractivity contribution in [3.63, 3.8) is 0 Å². The second kappa shape index (κ2) is 14.2. The Bertz CT molecular complexity index is 951.